The Morgan fingerprint density at radius 1 is 1.09 bits per heavy atom. The van der Waals surface area contributed by atoms with E-state index in [1.807, 2.05) is 13.8 Å². The van der Waals surface area contributed by atoms with Crippen molar-refractivity contribution in [2.45, 2.75) is 18.7 Å². The molecule has 0 aliphatic rings. The summed E-state index contributed by atoms with van der Waals surface area (Å²) in [4.78, 5) is 0.221. The molecule has 3 aromatic rings. The van der Waals surface area contributed by atoms with Crippen molar-refractivity contribution in [2.75, 3.05) is 7.11 Å². The third-order valence-electron chi connectivity index (χ3n) is 3.58. The molecule has 1 heterocycles. The van der Waals surface area contributed by atoms with E-state index < -0.39 is 10.0 Å². The number of hydrogen-bond acceptors (Lipinski definition) is 4. The van der Waals surface area contributed by atoms with Crippen LogP contribution in [0.1, 0.15) is 11.1 Å². The summed E-state index contributed by atoms with van der Waals surface area (Å²) in [6, 6.07) is 10.3. The van der Waals surface area contributed by atoms with Crippen LogP contribution in [0.15, 0.2) is 47.5 Å². The van der Waals surface area contributed by atoms with E-state index in [0.717, 1.165) is 20.6 Å². The van der Waals surface area contributed by atoms with E-state index in [-0.39, 0.29) is 4.90 Å². The van der Waals surface area contributed by atoms with E-state index in [0.29, 0.717) is 11.3 Å². The predicted molar refractivity (Wildman–Crippen MR) is 84.8 cm³/mol. The van der Waals surface area contributed by atoms with Crippen molar-refractivity contribution < 1.29 is 13.2 Å². The summed E-state index contributed by atoms with van der Waals surface area (Å²) in [5.41, 5.74) is 2.37. The van der Waals surface area contributed by atoms with Gasteiger partial charge in [-0.1, -0.05) is 17.7 Å². The van der Waals surface area contributed by atoms with E-state index in [1.54, 1.807) is 43.5 Å². The quantitative estimate of drug-likeness (QED) is 0.745. The van der Waals surface area contributed by atoms with E-state index >= 15 is 0 Å². The smallest absolute Gasteiger partial charge is 0.283 e. The number of rotatable bonds is 3. The highest BCUT2D eigenvalue weighted by molar-refractivity contribution is 7.90. The van der Waals surface area contributed by atoms with Gasteiger partial charge in [0, 0.05) is 5.39 Å². The summed E-state index contributed by atoms with van der Waals surface area (Å²) in [5.74, 6) is 0.678. The average Bonchev–Trinajstić information content (AvgIpc) is 2.92. The van der Waals surface area contributed by atoms with Gasteiger partial charge in [0.25, 0.3) is 10.0 Å². The maximum atomic E-state index is 12.8. The van der Waals surface area contributed by atoms with Crippen LogP contribution in [0.4, 0.5) is 0 Å². The van der Waals surface area contributed by atoms with Crippen LogP contribution in [0.3, 0.4) is 0 Å². The monoisotopic (exact) mass is 316 g/mol. The number of fused-ring (bicyclic) bond motifs is 1. The lowest BCUT2D eigenvalue weighted by Crippen LogP contribution is -2.14. The van der Waals surface area contributed by atoms with Crippen LogP contribution in [0.2, 0.25) is 0 Å². The zero-order valence-corrected chi connectivity index (χ0v) is 13.4. The molecule has 0 atom stereocenters. The molecule has 0 amide bonds. The van der Waals surface area contributed by atoms with E-state index in [9.17, 15) is 8.42 Å². The van der Waals surface area contributed by atoms with Gasteiger partial charge in [0.2, 0.25) is 0 Å². The lowest BCUT2D eigenvalue weighted by molar-refractivity contribution is 0.415. The van der Waals surface area contributed by atoms with Crippen LogP contribution < -0.4 is 4.74 Å². The Bertz CT molecular complexity index is 941. The highest BCUT2D eigenvalue weighted by Crippen LogP contribution is 2.27. The number of methoxy groups -OCH3 is 1. The van der Waals surface area contributed by atoms with Gasteiger partial charge in [-0.15, -0.1) is 0 Å². The minimum absolute atomic E-state index is 0.221. The molecular formula is C16H16N2O3S. The fourth-order valence-corrected chi connectivity index (χ4v) is 3.76. The molecule has 0 saturated carbocycles. The third kappa shape index (κ3) is 2.25. The third-order valence-corrected chi connectivity index (χ3v) is 5.18. The maximum Gasteiger partial charge on any atom is 0.283 e. The zero-order valence-electron chi connectivity index (χ0n) is 12.6. The lowest BCUT2D eigenvalue weighted by Gasteiger charge is -2.09. The summed E-state index contributed by atoms with van der Waals surface area (Å²) in [6.07, 6.45) is 1.54. The van der Waals surface area contributed by atoms with Crippen molar-refractivity contribution in [3.05, 3.63) is 53.7 Å². The number of benzene rings is 2. The van der Waals surface area contributed by atoms with Crippen LogP contribution in [-0.4, -0.2) is 24.7 Å². The van der Waals surface area contributed by atoms with Crippen LogP contribution >= 0.6 is 0 Å². The molecule has 0 unspecified atom stereocenters. The number of ether oxygens (including phenoxy) is 1. The SMILES string of the molecule is COc1cc(C)c2c(cnn2S(=O)(=O)c2ccc(C)cc2)c1. The topological polar surface area (TPSA) is 61.2 Å². The standard InChI is InChI=1S/C16H16N2O3S/c1-11-4-6-15(7-5-11)22(19,20)18-16-12(2)8-14(21-3)9-13(16)10-17-18/h4-10H,1-3H3. The molecule has 3 rings (SSSR count). The molecule has 114 valence electrons. The Labute approximate surface area is 129 Å². The molecule has 1 aromatic heterocycles. The Hall–Kier alpha value is -2.34. The highest BCUT2D eigenvalue weighted by atomic mass is 32.2. The molecule has 0 fully saturated rings. The largest absolute Gasteiger partial charge is 0.497 e. The molecule has 22 heavy (non-hydrogen) atoms. The summed E-state index contributed by atoms with van der Waals surface area (Å²) in [5, 5.41) is 4.80. The molecule has 0 radical (unpaired) electrons. The second kappa shape index (κ2) is 5.14. The van der Waals surface area contributed by atoms with Crippen LogP contribution in [0.5, 0.6) is 5.75 Å². The molecule has 0 bridgehead atoms. The summed E-state index contributed by atoms with van der Waals surface area (Å²) in [7, 11) is -2.14. The van der Waals surface area contributed by atoms with Gasteiger partial charge in [0.1, 0.15) is 5.75 Å². The average molecular weight is 316 g/mol. The molecular weight excluding hydrogens is 300 g/mol. The lowest BCUT2D eigenvalue weighted by atomic mass is 10.1. The normalized spacial score (nSPS) is 11.8. The van der Waals surface area contributed by atoms with Gasteiger partial charge >= 0.3 is 0 Å². The maximum absolute atomic E-state index is 12.8. The van der Waals surface area contributed by atoms with E-state index in [2.05, 4.69) is 5.10 Å². The molecule has 0 aliphatic carbocycles. The van der Waals surface area contributed by atoms with Gasteiger partial charge in [0.05, 0.1) is 23.7 Å². The summed E-state index contributed by atoms with van der Waals surface area (Å²) >= 11 is 0. The second-order valence-corrected chi connectivity index (χ2v) is 6.96. The van der Waals surface area contributed by atoms with Crippen molar-refractivity contribution in [1.82, 2.24) is 9.19 Å². The Kier molecular flexibility index (Phi) is 3.41. The van der Waals surface area contributed by atoms with Crippen molar-refractivity contribution in [3.8, 4) is 5.75 Å². The molecule has 0 N–H and O–H groups in total. The van der Waals surface area contributed by atoms with Gasteiger partial charge in [0.15, 0.2) is 0 Å². The second-order valence-electron chi connectivity index (χ2n) is 5.19. The molecule has 0 saturated heterocycles. The molecule has 2 aromatic carbocycles. The molecule has 5 nitrogen and oxygen atoms in total. The van der Waals surface area contributed by atoms with Gasteiger partial charge in [-0.2, -0.15) is 17.6 Å². The Balaban J connectivity index is 2.24. The fraction of sp³-hybridized carbons (Fsp3) is 0.188. The first-order valence-electron chi connectivity index (χ1n) is 6.78. The van der Waals surface area contributed by atoms with E-state index in [1.165, 1.54) is 6.20 Å². The van der Waals surface area contributed by atoms with Crippen molar-refractivity contribution >= 4 is 20.9 Å². The van der Waals surface area contributed by atoms with Crippen molar-refractivity contribution in [2.24, 2.45) is 0 Å². The van der Waals surface area contributed by atoms with E-state index in [4.69, 9.17) is 4.74 Å². The van der Waals surface area contributed by atoms with Crippen LogP contribution in [0.25, 0.3) is 10.9 Å². The minimum Gasteiger partial charge on any atom is -0.497 e. The van der Waals surface area contributed by atoms with Crippen molar-refractivity contribution in [3.63, 3.8) is 0 Å². The number of nitrogens with zero attached hydrogens (tertiary/aromatic N) is 2. The molecule has 0 spiro atoms. The fourth-order valence-electron chi connectivity index (χ4n) is 2.41. The van der Waals surface area contributed by atoms with Crippen LogP contribution in [0, 0.1) is 13.8 Å². The Morgan fingerprint density at radius 2 is 1.77 bits per heavy atom. The van der Waals surface area contributed by atoms with Gasteiger partial charge in [-0.3, -0.25) is 0 Å². The number of aryl methyl sites for hydroxylation is 2. The number of hydrogen-bond donors (Lipinski definition) is 0. The van der Waals surface area contributed by atoms with Gasteiger partial charge in [-0.05, 0) is 43.7 Å². The molecule has 6 heteroatoms. The van der Waals surface area contributed by atoms with Gasteiger partial charge in [-0.25, -0.2) is 0 Å². The summed E-state index contributed by atoms with van der Waals surface area (Å²) in [6.45, 7) is 3.75. The highest BCUT2D eigenvalue weighted by Gasteiger charge is 2.21. The minimum atomic E-state index is -3.72. The Morgan fingerprint density at radius 3 is 2.41 bits per heavy atom. The first-order chi connectivity index (χ1) is 10.4. The van der Waals surface area contributed by atoms with Crippen molar-refractivity contribution in [1.29, 1.82) is 0 Å². The summed E-state index contributed by atoms with van der Waals surface area (Å²) < 4.78 is 31.9. The van der Waals surface area contributed by atoms with Gasteiger partial charge < -0.3 is 4.74 Å². The first-order valence-corrected chi connectivity index (χ1v) is 8.22. The molecule has 0 aliphatic heterocycles. The predicted octanol–water partition coefficient (Wildman–Crippen LogP) is 2.90. The zero-order chi connectivity index (χ0) is 15.9. The number of aromatic nitrogens is 2. The van der Waals surface area contributed by atoms with Crippen LogP contribution in [-0.2, 0) is 10.0 Å². The first kappa shape index (κ1) is 14.6.